The molecular weight excluding hydrogens is 246 g/mol. The molecule has 2 fully saturated rings. The second kappa shape index (κ2) is 6.34. The lowest BCUT2D eigenvalue weighted by Crippen LogP contribution is -2.44. The highest BCUT2D eigenvalue weighted by atomic mass is 16.4. The first-order chi connectivity index (χ1) is 9.09. The van der Waals surface area contributed by atoms with E-state index >= 15 is 0 Å². The second-order valence-corrected chi connectivity index (χ2v) is 5.44. The van der Waals surface area contributed by atoms with Crippen molar-refractivity contribution in [1.29, 1.82) is 0 Å². The molecule has 0 aliphatic carbocycles. The first-order valence-electron chi connectivity index (χ1n) is 7.05. The first-order valence-corrected chi connectivity index (χ1v) is 7.05. The second-order valence-electron chi connectivity index (χ2n) is 5.44. The number of amides is 1. The molecule has 2 atom stereocenters. The topological polar surface area (TPSA) is 72.9 Å². The van der Waals surface area contributed by atoms with E-state index in [0.717, 1.165) is 32.6 Å². The Hall–Kier alpha value is -1.14. The molecule has 2 rings (SSSR count). The van der Waals surface area contributed by atoms with E-state index in [2.05, 4.69) is 10.2 Å². The zero-order chi connectivity index (χ0) is 13.8. The number of nitrogens with one attached hydrogen (secondary N) is 1. The summed E-state index contributed by atoms with van der Waals surface area (Å²) in [6, 6.07) is -0.185. The van der Waals surface area contributed by atoms with Crippen molar-refractivity contribution in [3.63, 3.8) is 0 Å². The van der Waals surface area contributed by atoms with Gasteiger partial charge >= 0.3 is 5.97 Å². The molecule has 0 bridgehead atoms. The van der Waals surface area contributed by atoms with E-state index in [4.69, 9.17) is 5.11 Å². The van der Waals surface area contributed by atoms with Gasteiger partial charge in [0.25, 0.3) is 0 Å². The maximum absolute atomic E-state index is 12.3. The van der Waals surface area contributed by atoms with Crippen LogP contribution in [0.1, 0.15) is 19.8 Å². The number of aliphatic carboxylic acids is 1. The van der Waals surface area contributed by atoms with Gasteiger partial charge in [-0.15, -0.1) is 0 Å². The van der Waals surface area contributed by atoms with Crippen LogP contribution in [0.5, 0.6) is 0 Å². The van der Waals surface area contributed by atoms with Gasteiger partial charge in [-0.1, -0.05) is 0 Å². The molecule has 0 radical (unpaired) electrons. The van der Waals surface area contributed by atoms with Crippen molar-refractivity contribution in [1.82, 2.24) is 15.1 Å². The number of nitrogens with zero attached hydrogens (tertiary/aromatic N) is 2. The predicted octanol–water partition coefficient (Wildman–Crippen LogP) is -0.397. The number of hydrogen-bond donors (Lipinski definition) is 2. The lowest BCUT2D eigenvalue weighted by atomic mass is 10.0. The van der Waals surface area contributed by atoms with Gasteiger partial charge in [0.05, 0.1) is 12.5 Å². The summed E-state index contributed by atoms with van der Waals surface area (Å²) in [6.45, 7) is 6.57. The lowest BCUT2D eigenvalue weighted by molar-refractivity contribution is -0.143. The summed E-state index contributed by atoms with van der Waals surface area (Å²) in [7, 11) is 0. The molecule has 2 aliphatic rings. The maximum Gasteiger partial charge on any atom is 0.308 e. The summed E-state index contributed by atoms with van der Waals surface area (Å²) >= 11 is 0. The average Bonchev–Trinajstić information content (AvgIpc) is 2.58. The first kappa shape index (κ1) is 14.3. The summed E-state index contributed by atoms with van der Waals surface area (Å²) in [6.07, 6.45) is 1.63. The predicted molar refractivity (Wildman–Crippen MR) is 70.8 cm³/mol. The van der Waals surface area contributed by atoms with Crippen LogP contribution in [0.15, 0.2) is 0 Å². The monoisotopic (exact) mass is 269 g/mol. The molecular formula is C13H23N3O3. The van der Waals surface area contributed by atoms with Crippen LogP contribution in [0.25, 0.3) is 0 Å². The minimum Gasteiger partial charge on any atom is -0.481 e. The lowest BCUT2D eigenvalue weighted by Gasteiger charge is -2.27. The Morgan fingerprint density at radius 2 is 2.05 bits per heavy atom. The molecule has 108 valence electrons. The van der Waals surface area contributed by atoms with Crippen molar-refractivity contribution in [3.05, 3.63) is 0 Å². The highest BCUT2D eigenvalue weighted by molar-refractivity contribution is 5.81. The Kier molecular flexibility index (Phi) is 4.76. The van der Waals surface area contributed by atoms with Crippen LogP contribution in [0, 0.1) is 5.92 Å². The number of carbonyl (C=O) groups is 2. The molecule has 0 aromatic heterocycles. The van der Waals surface area contributed by atoms with Gasteiger partial charge in [0.2, 0.25) is 5.91 Å². The minimum atomic E-state index is -0.790. The molecule has 1 amide bonds. The van der Waals surface area contributed by atoms with Crippen LogP contribution in [0.2, 0.25) is 0 Å². The van der Waals surface area contributed by atoms with Crippen LogP contribution >= 0.6 is 0 Å². The van der Waals surface area contributed by atoms with Crippen LogP contribution in [0.4, 0.5) is 0 Å². The van der Waals surface area contributed by atoms with Crippen molar-refractivity contribution in [3.8, 4) is 0 Å². The molecule has 0 saturated carbocycles. The number of carboxylic acid groups (broad SMARTS) is 1. The van der Waals surface area contributed by atoms with Gasteiger partial charge in [-0.3, -0.25) is 14.5 Å². The van der Waals surface area contributed by atoms with Crippen molar-refractivity contribution < 1.29 is 14.7 Å². The van der Waals surface area contributed by atoms with Crippen LogP contribution in [-0.4, -0.2) is 72.1 Å². The van der Waals surface area contributed by atoms with Gasteiger partial charge in [-0.2, -0.15) is 0 Å². The van der Waals surface area contributed by atoms with Gasteiger partial charge in [-0.25, -0.2) is 0 Å². The highest BCUT2D eigenvalue weighted by Gasteiger charge is 2.38. The SMILES string of the molecule is CC1C(C(=O)O)CCN1C(=O)CN1CCCNCC1. The number of hydrogen-bond acceptors (Lipinski definition) is 4. The molecule has 2 heterocycles. The summed E-state index contributed by atoms with van der Waals surface area (Å²) in [5.74, 6) is -1.13. The molecule has 19 heavy (non-hydrogen) atoms. The van der Waals surface area contributed by atoms with Crippen LogP contribution < -0.4 is 5.32 Å². The summed E-state index contributed by atoms with van der Waals surface area (Å²) in [5.41, 5.74) is 0. The van der Waals surface area contributed by atoms with Crippen molar-refractivity contribution >= 4 is 11.9 Å². The maximum atomic E-state index is 12.3. The summed E-state index contributed by atoms with van der Waals surface area (Å²) in [4.78, 5) is 27.2. The molecule has 2 saturated heterocycles. The Morgan fingerprint density at radius 3 is 2.74 bits per heavy atom. The van der Waals surface area contributed by atoms with E-state index in [1.165, 1.54) is 0 Å². The number of rotatable bonds is 3. The van der Waals surface area contributed by atoms with Crippen molar-refractivity contribution in [2.24, 2.45) is 5.92 Å². The molecule has 2 N–H and O–H groups in total. The van der Waals surface area contributed by atoms with Gasteiger partial charge in [0.1, 0.15) is 0 Å². The van der Waals surface area contributed by atoms with Crippen molar-refractivity contribution in [2.75, 3.05) is 39.3 Å². The molecule has 2 aliphatic heterocycles. The summed E-state index contributed by atoms with van der Waals surface area (Å²) < 4.78 is 0. The smallest absolute Gasteiger partial charge is 0.308 e. The van der Waals surface area contributed by atoms with Gasteiger partial charge in [-0.05, 0) is 32.9 Å². The van der Waals surface area contributed by atoms with E-state index in [1.807, 2.05) is 6.92 Å². The normalized spacial score (nSPS) is 29.2. The van der Waals surface area contributed by atoms with Gasteiger partial charge in [0, 0.05) is 25.7 Å². The Morgan fingerprint density at radius 1 is 1.26 bits per heavy atom. The number of likely N-dealkylation sites (tertiary alicyclic amines) is 1. The Bertz CT molecular complexity index is 340. The quantitative estimate of drug-likeness (QED) is 0.729. The molecule has 6 nitrogen and oxygen atoms in total. The largest absolute Gasteiger partial charge is 0.481 e. The van der Waals surface area contributed by atoms with Crippen LogP contribution in [0.3, 0.4) is 0 Å². The fourth-order valence-corrected chi connectivity index (χ4v) is 2.96. The molecule has 0 spiro atoms. The fourth-order valence-electron chi connectivity index (χ4n) is 2.96. The van der Waals surface area contributed by atoms with E-state index < -0.39 is 11.9 Å². The zero-order valence-corrected chi connectivity index (χ0v) is 11.5. The number of carboxylic acids is 1. The zero-order valence-electron chi connectivity index (χ0n) is 11.5. The molecule has 0 aromatic rings. The van der Waals surface area contributed by atoms with E-state index in [0.29, 0.717) is 19.5 Å². The third-order valence-corrected chi connectivity index (χ3v) is 4.18. The minimum absolute atomic E-state index is 0.0677. The third-order valence-electron chi connectivity index (χ3n) is 4.18. The Labute approximate surface area is 113 Å². The van der Waals surface area contributed by atoms with E-state index in [9.17, 15) is 9.59 Å². The van der Waals surface area contributed by atoms with E-state index in [1.54, 1.807) is 4.90 Å². The average molecular weight is 269 g/mol. The van der Waals surface area contributed by atoms with E-state index in [-0.39, 0.29) is 11.9 Å². The molecule has 0 aromatic carbocycles. The fraction of sp³-hybridized carbons (Fsp3) is 0.846. The van der Waals surface area contributed by atoms with Gasteiger partial charge < -0.3 is 15.3 Å². The Balaban J connectivity index is 1.87. The van der Waals surface area contributed by atoms with Crippen molar-refractivity contribution in [2.45, 2.75) is 25.8 Å². The highest BCUT2D eigenvalue weighted by Crippen LogP contribution is 2.24. The van der Waals surface area contributed by atoms with Crippen LogP contribution in [-0.2, 0) is 9.59 Å². The summed E-state index contributed by atoms with van der Waals surface area (Å²) in [5, 5.41) is 12.4. The third kappa shape index (κ3) is 3.45. The molecule has 2 unspecified atom stereocenters. The number of carbonyl (C=O) groups excluding carboxylic acids is 1. The standard InChI is InChI=1S/C13H23N3O3/c1-10-11(13(18)19)3-7-16(10)12(17)9-15-6-2-4-14-5-8-15/h10-11,14H,2-9H2,1H3,(H,18,19). The van der Waals surface area contributed by atoms with Gasteiger partial charge in [0.15, 0.2) is 0 Å². The molecule has 6 heteroatoms.